The van der Waals surface area contributed by atoms with Gasteiger partial charge in [-0.1, -0.05) is 30.7 Å². The van der Waals surface area contributed by atoms with Crippen molar-refractivity contribution in [1.29, 1.82) is 0 Å². The molecule has 1 fully saturated rings. The van der Waals surface area contributed by atoms with E-state index in [-0.39, 0.29) is 23.8 Å². The molecule has 0 radical (unpaired) electrons. The van der Waals surface area contributed by atoms with Crippen molar-refractivity contribution in [3.8, 4) is 0 Å². The van der Waals surface area contributed by atoms with Gasteiger partial charge in [0.1, 0.15) is 0 Å². The van der Waals surface area contributed by atoms with Crippen LogP contribution in [0.15, 0.2) is 24.3 Å². The van der Waals surface area contributed by atoms with Crippen molar-refractivity contribution in [2.45, 2.75) is 38.6 Å². The lowest BCUT2D eigenvalue weighted by Crippen LogP contribution is -2.37. The van der Waals surface area contributed by atoms with Gasteiger partial charge in [0.25, 0.3) is 0 Å². The molecule has 0 saturated heterocycles. The van der Waals surface area contributed by atoms with E-state index in [0.29, 0.717) is 24.3 Å². The smallest absolute Gasteiger partial charge is 0.306 e. The van der Waals surface area contributed by atoms with Crippen LogP contribution < -0.4 is 5.32 Å². The number of halogens is 1. The van der Waals surface area contributed by atoms with Crippen LogP contribution in [0.2, 0.25) is 5.02 Å². The summed E-state index contributed by atoms with van der Waals surface area (Å²) in [4.78, 5) is 23.1. The Labute approximate surface area is 129 Å². The van der Waals surface area contributed by atoms with Crippen molar-refractivity contribution < 1.29 is 14.7 Å². The molecule has 1 saturated carbocycles. The third-order valence-corrected chi connectivity index (χ3v) is 4.24. The predicted octanol–water partition coefficient (Wildman–Crippen LogP) is 2.89. The summed E-state index contributed by atoms with van der Waals surface area (Å²) in [6.45, 7) is 1.87. The minimum absolute atomic E-state index is 0.0135. The number of aliphatic carboxylic acids is 1. The van der Waals surface area contributed by atoms with Crippen LogP contribution in [0.4, 0.5) is 0 Å². The van der Waals surface area contributed by atoms with Gasteiger partial charge in [0.05, 0.1) is 5.92 Å². The molecule has 3 atom stereocenters. The largest absolute Gasteiger partial charge is 0.481 e. The van der Waals surface area contributed by atoms with Gasteiger partial charge in [-0.2, -0.15) is 0 Å². The quantitative estimate of drug-likeness (QED) is 0.879. The first-order valence-corrected chi connectivity index (χ1v) is 7.61. The van der Waals surface area contributed by atoms with E-state index in [4.69, 9.17) is 16.7 Å². The maximum atomic E-state index is 12.2. The monoisotopic (exact) mass is 309 g/mol. The predicted molar refractivity (Wildman–Crippen MR) is 81.2 cm³/mol. The second-order valence-electron chi connectivity index (χ2n) is 5.79. The summed E-state index contributed by atoms with van der Waals surface area (Å²) >= 11 is 5.93. The zero-order chi connectivity index (χ0) is 15.4. The zero-order valence-corrected chi connectivity index (χ0v) is 12.8. The molecule has 0 aliphatic heterocycles. The first kappa shape index (κ1) is 15.8. The van der Waals surface area contributed by atoms with Crippen molar-refractivity contribution in [2.75, 3.05) is 0 Å². The fourth-order valence-electron chi connectivity index (χ4n) is 2.79. The number of carboxylic acids is 1. The topological polar surface area (TPSA) is 66.4 Å². The van der Waals surface area contributed by atoms with Crippen LogP contribution in [0.25, 0.3) is 0 Å². The molecule has 4 nitrogen and oxygen atoms in total. The van der Waals surface area contributed by atoms with Crippen LogP contribution in [0, 0.1) is 11.8 Å². The minimum atomic E-state index is -0.765. The van der Waals surface area contributed by atoms with E-state index in [0.717, 1.165) is 12.0 Å². The van der Waals surface area contributed by atoms with Gasteiger partial charge < -0.3 is 10.4 Å². The lowest BCUT2D eigenvalue weighted by molar-refractivity contribution is -0.141. The van der Waals surface area contributed by atoms with Crippen molar-refractivity contribution in [3.05, 3.63) is 34.9 Å². The van der Waals surface area contributed by atoms with Crippen LogP contribution in [0.1, 0.15) is 31.7 Å². The van der Waals surface area contributed by atoms with E-state index < -0.39 is 5.97 Å². The van der Waals surface area contributed by atoms with Crippen LogP contribution in [-0.2, 0) is 16.0 Å². The maximum Gasteiger partial charge on any atom is 0.306 e. The Balaban J connectivity index is 1.84. The van der Waals surface area contributed by atoms with E-state index >= 15 is 0 Å². The normalized spacial score (nSPS) is 22.8. The number of nitrogens with one attached hydrogen (secondary N) is 1. The highest BCUT2D eigenvalue weighted by molar-refractivity contribution is 6.30. The van der Waals surface area contributed by atoms with E-state index in [1.54, 1.807) is 6.07 Å². The summed E-state index contributed by atoms with van der Waals surface area (Å²) < 4.78 is 0. The summed E-state index contributed by atoms with van der Waals surface area (Å²) in [7, 11) is 0. The van der Waals surface area contributed by atoms with E-state index in [9.17, 15) is 9.59 Å². The van der Waals surface area contributed by atoms with Crippen LogP contribution in [0.3, 0.4) is 0 Å². The highest BCUT2D eigenvalue weighted by Gasteiger charge is 2.31. The summed E-state index contributed by atoms with van der Waals surface area (Å²) in [6.07, 6.45) is 2.54. The van der Waals surface area contributed by atoms with Gasteiger partial charge in [0.15, 0.2) is 0 Å². The summed E-state index contributed by atoms with van der Waals surface area (Å²) in [5.41, 5.74) is 1.03. The summed E-state index contributed by atoms with van der Waals surface area (Å²) in [5, 5.41) is 12.6. The molecule has 21 heavy (non-hydrogen) atoms. The molecule has 1 aromatic carbocycles. The van der Waals surface area contributed by atoms with Crippen molar-refractivity contribution >= 4 is 23.5 Å². The van der Waals surface area contributed by atoms with Crippen LogP contribution in [-0.4, -0.2) is 23.0 Å². The molecular formula is C16H20ClNO3. The maximum absolute atomic E-state index is 12.2. The molecule has 2 rings (SSSR count). The van der Waals surface area contributed by atoms with Gasteiger partial charge in [-0.25, -0.2) is 0 Å². The fraction of sp³-hybridized carbons (Fsp3) is 0.500. The average molecular weight is 310 g/mol. The summed E-state index contributed by atoms with van der Waals surface area (Å²) in [6, 6.07) is 7.48. The van der Waals surface area contributed by atoms with Gasteiger partial charge in [0.2, 0.25) is 5.91 Å². The second kappa shape index (κ2) is 6.94. The third kappa shape index (κ3) is 4.46. The number of carbonyl (C=O) groups excluding carboxylic acids is 1. The molecule has 5 heteroatoms. The van der Waals surface area contributed by atoms with Gasteiger partial charge >= 0.3 is 5.97 Å². The van der Waals surface area contributed by atoms with Crippen LogP contribution in [0.5, 0.6) is 0 Å². The second-order valence-corrected chi connectivity index (χ2v) is 6.23. The van der Waals surface area contributed by atoms with Gasteiger partial charge in [-0.3, -0.25) is 9.59 Å². The summed E-state index contributed by atoms with van der Waals surface area (Å²) in [5.74, 6) is -1.27. The highest BCUT2D eigenvalue weighted by Crippen LogP contribution is 2.26. The van der Waals surface area contributed by atoms with Crippen LogP contribution >= 0.6 is 11.6 Å². The Morgan fingerprint density at radius 3 is 2.81 bits per heavy atom. The van der Waals surface area contributed by atoms with Crippen molar-refractivity contribution in [2.24, 2.45) is 11.8 Å². The van der Waals surface area contributed by atoms with Crippen molar-refractivity contribution in [1.82, 2.24) is 5.32 Å². The molecule has 1 aliphatic carbocycles. The number of rotatable bonds is 5. The minimum Gasteiger partial charge on any atom is -0.481 e. The van der Waals surface area contributed by atoms with Gasteiger partial charge in [0, 0.05) is 17.0 Å². The molecular weight excluding hydrogens is 290 g/mol. The lowest BCUT2D eigenvalue weighted by Gasteiger charge is -2.17. The number of hydrogen-bond donors (Lipinski definition) is 2. The molecule has 1 aromatic rings. The number of hydrogen-bond acceptors (Lipinski definition) is 2. The Morgan fingerprint density at radius 1 is 1.43 bits per heavy atom. The van der Waals surface area contributed by atoms with Gasteiger partial charge in [-0.05, 0) is 43.4 Å². The Bertz CT molecular complexity index is 532. The zero-order valence-electron chi connectivity index (χ0n) is 12.0. The molecule has 1 unspecified atom stereocenters. The fourth-order valence-corrected chi connectivity index (χ4v) is 3.00. The van der Waals surface area contributed by atoms with Gasteiger partial charge in [-0.15, -0.1) is 0 Å². The highest BCUT2D eigenvalue weighted by atomic mass is 35.5. The Hall–Kier alpha value is -1.55. The standard InChI is InChI=1S/C16H20ClNO3/c1-10(7-11-3-2-4-13(17)8-11)15(19)18-14-6-5-12(9-14)16(20)21/h2-4,8,10,12,14H,5-7,9H2,1H3,(H,18,19)(H,20,21)/t10?,12-,14+/m0/s1. The SMILES string of the molecule is CC(Cc1cccc(Cl)c1)C(=O)N[C@@H]1CC[C@H](C(=O)O)C1. The third-order valence-electron chi connectivity index (χ3n) is 4.01. The molecule has 1 amide bonds. The molecule has 1 aliphatic rings. The number of amides is 1. The van der Waals surface area contributed by atoms with E-state index in [1.165, 1.54) is 0 Å². The molecule has 0 heterocycles. The molecule has 114 valence electrons. The molecule has 0 bridgehead atoms. The molecule has 0 aromatic heterocycles. The number of benzene rings is 1. The van der Waals surface area contributed by atoms with E-state index in [2.05, 4.69) is 5.32 Å². The van der Waals surface area contributed by atoms with Crippen molar-refractivity contribution in [3.63, 3.8) is 0 Å². The molecule has 2 N–H and O–H groups in total. The Morgan fingerprint density at radius 2 is 2.19 bits per heavy atom. The molecule has 0 spiro atoms. The first-order chi connectivity index (χ1) is 9.95. The van der Waals surface area contributed by atoms with E-state index in [1.807, 2.05) is 25.1 Å². The number of carboxylic acid groups (broad SMARTS) is 1. The lowest BCUT2D eigenvalue weighted by atomic mass is 10.00. The average Bonchev–Trinajstić information content (AvgIpc) is 2.87. The Kier molecular flexibility index (Phi) is 5.23. The first-order valence-electron chi connectivity index (χ1n) is 7.23. The number of carbonyl (C=O) groups is 2.